The fraction of sp³-hybridized carbons (Fsp3) is 0.438. The summed E-state index contributed by atoms with van der Waals surface area (Å²) in [4.78, 5) is 4.74. The van der Waals surface area contributed by atoms with E-state index in [1.165, 1.54) is 0 Å². The van der Waals surface area contributed by atoms with Crippen molar-refractivity contribution < 1.29 is 18.9 Å². The number of para-hydroxylation sites is 1. The van der Waals surface area contributed by atoms with Crippen LogP contribution in [0.2, 0.25) is 0 Å². The summed E-state index contributed by atoms with van der Waals surface area (Å²) in [5.74, 6) is -0.167. The first-order chi connectivity index (χ1) is 10.4. The Labute approximate surface area is 122 Å². The normalized spacial score (nSPS) is 20.8. The molecule has 0 saturated carbocycles. The monoisotopic (exact) mass is 287 g/mol. The molecule has 21 heavy (non-hydrogen) atoms. The number of hydrogen-bond acceptors (Lipinski definition) is 5. The lowest BCUT2D eigenvalue weighted by Crippen LogP contribution is -2.32. The maximum absolute atomic E-state index is 5.67. The number of hydrogen-bond donors (Lipinski definition) is 0. The van der Waals surface area contributed by atoms with Crippen LogP contribution < -0.4 is 0 Å². The first-order valence-electron chi connectivity index (χ1n) is 7.24. The Bertz CT molecular complexity index is 604. The van der Waals surface area contributed by atoms with E-state index in [9.17, 15) is 0 Å². The molecule has 3 heterocycles. The predicted octanol–water partition coefficient (Wildman–Crippen LogP) is 2.06. The molecule has 0 aliphatic carbocycles. The van der Waals surface area contributed by atoms with Crippen LogP contribution in [0.4, 0.5) is 0 Å². The van der Waals surface area contributed by atoms with Crippen molar-refractivity contribution in [2.45, 2.75) is 18.5 Å². The first kappa shape index (κ1) is 13.2. The lowest BCUT2D eigenvalue weighted by Gasteiger charge is -2.26. The van der Waals surface area contributed by atoms with E-state index in [4.69, 9.17) is 23.9 Å². The quantitative estimate of drug-likeness (QED) is 0.865. The van der Waals surface area contributed by atoms with Gasteiger partial charge in [0.15, 0.2) is 12.6 Å². The molecular formula is C16H17NO4. The van der Waals surface area contributed by atoms with Gasteiger partial charge in [-0.25, -0.2) is 0 Å². The Morgan fingerprint density at radius 3 is 2.10 bits per heavy atom. The fourth-order valence-electron chi connectivity index (χ4n) is 2.84. The van der Waals surface area contributed by atoms with Crippen LogP contribution in [-0.2, 0) is 18.9 Å². The third-order valence-electron chi connectivity index (χ3n) is 3.84. The lowest BCUT2D eigenvalue weighted by molar-refractivity contribution is -0.146. The Morgan fingerprint density at radius 1 is 0.810 bits per heavy atom. The standard InChI is InChI=1S/C16H17NO4/c1-2-4-12-11(3-1)5-6-13(17-12)14(15-18-7-8-19-15)16-20-9-10-21-16/h1-6,14-16H,7-10H2. The van der Waals surface area contributed by atoms with E-state index < -0.39 is 0 Å². The van der Waals surface area contributed by atoms with E-state index in [2.05, 4.69) is 6.07 Å². The SMILES string of the molecule is c1ccc2nc(C(C3OCCO3)C3OCCO3)ccc2c1. The second-order valence-corrected chi connectivity index (χ2v) is 5.17. The lowest BCUT2D eigenvalue weighted by atomic mass is 10.0. The van der Waals surface area contributed by atoms with Crippen molar-refractivity contribution in [2.24, 2.45) is 0 Å². The fourth-order valence-corrected chi connectivity index (χ4v) is 2.84. The third kappa shape index (κ3) is 2.53. The highest BCUT2D eigenvalue weighted by molar-refractivity contribution is 5.78. The minimum atomic E-state index is -0.359. The van der Waals surface area contributed by atoms with Gasteiger partial charge in [-0.05, 0) is 12.1 Å². The van der Waals surface area contributed by atoms with Gasteiger partial charge >= 0.3 is 0 Å². The van der Waals surface area contributed by atoms with Crippen LogP contribution in [0.15, 0.2) is 36.4 Å². The van der Waals surface area contributed by atoms with Crippen LogP contribution in [-0.4, -0.2) is 44.0 Å². The molecular weight excluding hydrogens is 270 g/mol. The Kier molecular flexibility index (Phi) is 3.57. The molecule has 2 aliphatic rings. The van der Waals surface area contributed by atoms with Crippen molar-refractivity contribution in [3.63, 3.8) is 0 Å². The van der Waals surface area contributed by atoms with E-state index >= 15 is 0 Å². The molecule has 0 radical (unpaired) electrons. The molecule has 110 valence electrons. The molecule has 0 bridgehead atoms. The Hall–Kier alpha value is -1.53. The van der Waals surface area contributed by atoms with E-state index in [0.29, 0.717) is 26.4 Å². The summed E-state index contributed by atoms with van der Waals surface area (Å²) in [6.07, 6.45) is -0.719. The largest absolute Gasteiger partial charge is 0.349 e. The Morgan fingerprint density at radius 2 is 1.43 bits per heavy atom. The molecule has 0 atom stereocenters. The van der Waals surface area contributed by atoms with Gasteiger partial charge in [0.1, 0.15) is 5.92 Å². The van der Waals surface area contributed by atoms with Crippen molar-refractivity contribution in [1.82, 2.24) is 4.98 Å². The highest BCUT2D eigenvalue weighted by Crippen LogP contribution is 2.32. The van der Waals surface area contributed by atoms with Gasteiger partial charge in [0, 0.05) is 5.39 Å². The van der Waals surface area contributed by atoms with E-state index in [-0.39, 0.29) is 18.5 Å². The summed E-state index contributed by atoms with van der Waals surface area (Å²) in [5, 5.41) is 1.11. The molecule has 4 rings (SSSR count). The number of benzene rings is 1. The maximum atomic E-state index is 5.67. The number of fused-ring (bicyclic) bond motifs is 1. The Balaban J connectivity index is 1.72. The smallest absolute Gasteiger partial charge is 0.171 e. The summed E-state index contributed by atoms with van der Waals surface area (Å²) in [6.45, 7) is 2.39. The zero-order chi connectivity index (χ0) is 14.1. The number of rotatable bonds is 3. The predicted molar refractivity (Wildman–Crippen MR) is 75.9 cm³/mol. The van der Waals surface area contributed by atoms with Gasteiger partial charge in [0.25, 0.3) is 0 Å². The zero-order valence-corrected chi connectivity index (χ0v) is 11.6. The van der Waals surface area contributed by atoms with Gasteiger partial charge in [0.05, 0.1) is 37.6 Å². The molecule has 1 aromatic heterocycles. The summed E-state index contributed by atoms with van der Waals surface area (Å²) >= 11 is 0. The van der Waals surface area contributed by atoms with Gasteiger partial charge < -0.3 is 18.9 Å². The maximum Gasteiger partial charge on any atom is 0.171 e. The van der Waals surface area contributed by atoms with Crippen LogP contribution in [0.5, 0.6) is 0 Å². The average Bonchev–Trinajstić information content (AvgIpc) is 3.21. The van der Waals surface area contributed by atoms with Crippen LogP contribution in [0.25, 0.3) is 10.9 Å². The molecule has 0 N–H and O–H groups in total. The number of aromatic nitrogens is 1. The highest BCUT2D eigenvalue weighted by atomic mass is 16.7. The molecule has 0 spiro atoms. The molecule has 1 aromatic carbocycles. The number of pyridine rings is 1. The second-order valence-electron chi connectivity index (χ2n) is 5.17. The summed E-state index contributed by atoms with van der Waals surface area (Å²) in [7, 11) is 0. The van der Waals surface area contributed by atoms with E-state index in [1.54, 1.807) is 0 Å². The molecule has 0 unspecified atom stereocenters. The van der Waals surface area contributed by atoms with Crippen molar-refractivity contribution in [3.8, 4) is 0 Å². The molecule has 5 nitrogen and oxygen atoms in total. The van der Waals surface area contributed by atoms with Crippen LogP contribution in [0, 0.1) is 0 Å². The van der Waals surface area contributed by atoms with Crippen molar-refractivity contribution in [1.29, 1.82) is 0 Å². The molecule has 2 aromatic rings. The summed E-state index contributed by atoms with van der Waals surface area (Å²) in [6, 6.07) is 12.1. The third-order valence-corrected chi connectivity index (χ3v) is 3.84. The molecule has 2 aliphatic heterocycles. The van der Waals surface area contributed by atoms with Crippen molar-refractivity contribution in [2.75, 3.05) is 26.4 Å². The number of nitrogens with zero attached hydrogens (tertiary/aromatic N) is 1. The van der Waals surface area contributed by atoms with Gasteiger partial charge in [-0.3, -0.25) is 4.98 Å². The second kappa shape index (κ2) is 5.69. The first-order valence-corrected chi connectivity index (χ1v) is 7.24. The topological polar surface area (TPSA) is 49.8 Å². The highest BCUT2D eigenvalue weighted by Gasteiger charge is 2.39. The van der Waals surface area contributed by atoms with Gasteiger partial charge in [0.2, 0.25) is 0 Å². The molecule has 2 saturated heterocycles. The molecule has 5 heteroatoms. The minimum absolute atomic E-state index is 0.167. The van der Waals surface area contributed by atoms with E-state index in [0.717, 1.165) is 16.6 Å². The van der Waals surface area contributed by atoms with Gasteiger partial charge in [-0.1, -0.05) is 24.3 Å². The molecule has 2 fully saturated rings. The summed E-state index contributed by atoms with van der Waals surface area (Å²) < 4.78 is 22.7. The van der Waals surface area contributed by atoms with Gasteiger partial charge in [-0.2, -0.15) is 0 Å². The van der Waals surface area contributed by atoms with Gasteiger partial charge in [-0.15, -0.1) is 0 Å². The molecule has 0 amide bonds. The minimum Gasteiger partial charge on any atom is -0.349 e. The van der Waals surface area contributed by atoms with E-state index in [1.807, 2.05) is 30.3 Å². The number of ether oxygens (including phenoxy) is 4. The van der Waals surface area contributed by atoms with Crippen LogP contribution in [0.1, 0.15) is 11.6 Å². The van der Waals surface area contributed by atoms with Crippen LogP contribution >= 0.6 is 0 Å². The zero-order valence-electron chi connectivity index (χ0n) is 11.6. The van der Waals surface area contributed by atoms with Crippen molar-refractivity contribution in [3.05, 3.63) is 42.1 Å². The van der Waals surface area contributed by atoms with Crippen LogP contribution in [0.3, 0.4) is 0 Å². The van der Waals surface area contributed by atoms with Crippen molar-refractivity contribution >= 4 is 10.9 Å². The summed E-state index contributed by atoms with van der Waals surface area (Å²) in [5.41, 5.74) is 1.84. The average molecular weight is 287 g/mol.